The summed E-state index contributed by atoms with van der Waals surface area (Å²) in [7, 11) is 0. The Morgan fingerprint density at radius 2 is 2.12 bits per heavy atom. The van der Waals surface area contributed by atoms with Gasteiger partial charge in [0.05, 0.1) is 11.6 Å². The van der Waals surface area contributed by atoms with E-state index in [1.54, 1.807) is 12.3 Å². The van der Waals surface area contributed by atoms with Crippen molar-refractivity contribution < 1.29 is 8.81 Å². The van der Waals surface area contributed by atoms with Gasteiger partial charge in [0.15, 0.2) is 0 Å². The molecule has 2 nitrogen and oxygen atoms in total. The van der Waals surface area contributed by atoms with Gasteiger partial charge in [0, 0.05) is 11.6 Å². The second kappa shape index (κ2) is 4.88. The van der Waals surface area contributed by atoms with Crippen molar-refractivity contribution in [3.8, 4) is 0 Å². The van der Waals surface area contributed by atoms with E-state index >= 15 is 0 Å². The van der Waals surface area contributed by atoms with E-state index < -0.39 is 0 Å². The highest BCUT2D eigenvalue weighted by molar-refractivity contribution is 5.84. The molecule has 17 heavy (non-hydrogen) atoms. The van der Waals surface area contributed by atoms with Crippen LogP contribution in [0.5, 0.6) is 0 Å². The minimum absolute atomic E-state index is 0.195. The normalized spacial score (nSPS) is 11.6. The summed E-state index contributed by atoms with van der Waals surface area (Å²) in [6.07, 6.45) is 2.45. The summed E-state index contributed by atoms with van der Waals surface area (Å²) in [6.45, 7) is 6.96. The molecule has 1 N–H and O–H groups in total. The lowest BCUT2D eigenvalue weighted by Gasteiger charge is -2.06. The lowest BCUT2D eigenvalue weighted by atomic mass is 10.1. The van der Waals surface area contributed by atoms with Crippen LogP contribution in [0, 0.1) is 12.7 Å². The maximum Gasteiger partial charge on any atom is 0.139 e. The highest BCUT2D eigenvalue weighted by atomic mass is 19.1. The lowest BCUT2D eigenvalue weighted by Crippen LogP contribution is -2.24. The van der Waals surface area contributed by atoms with Crippen molar-refractivity contribution in [2.24, 2.45) is 0 Å². The monoisotopic (exact) mass is 235 g/mol. The van der Waals surface area contributed by atoms with Crippen LogP contribution in [0.25, 0.3) is 11.0 Å². The molecule has 0 unspecified atom stereocenters. The molecule has 0 aliphatic heterocycles. The summed E-state index contributed by atoms with van der Waals surface area (Å²) in [6, 6.07) is 3.70. The second-order valence-corrected chi connectivity index (χ2v) is 4.69. The van der Waals surface area contributed by atoms with Crippen molar-refractivity contribution >= 4 is 11.0 Å². The molecule has 0 aliphatic rings. The number of benzene rings is 1. The molecule has 0 saturated carbocycles. The number of hydrogen-bond acceptors (Lipinski definition) is 2. The maximum atomic E-state index is 13.8. The predicted molar refractivity (Wildman–Crippen MR) is 67.8 cm³/mol. The summed E-state index contributed by atoms with van der Waals surface area (Å²) >= 11 is 0. The van der Waals surface area contributed by atoms with Gasteiger partial charge in [0.25, 0.3) is 0 Å². The minimum Gasteiger partial charge on any atom is -0.464 e. The van der Waals surface area contributed by atoms with Crippen LogP contribution in [-0.2, 0) is 6.42 Å². The number of fused-ring (bicyclic) bond motifs is 1. The molecule has 3 heteroatoms. The van der Waals surface area contributed by atoms with Crippen molar-refractivity contribution in [2.45, 2.75) is 33.2 Å². The van der Waals surface area contributed by atoms with Gasteiger partial charge in [-0.1, -0.05) is 19.9 Å². The molecule has 1 aromatic carbocycles. The molecular formula is C14H18FNO. The number of aryl methyl sites for hydroxylation is 1. The van der Waals surface area contributed by atoms with Crippen molar-refractivity contribution in [1.29, 1.82) is 0 Å². The summed E-state index contributed by atoms with van der Waals surface area (Å²) < 4.78 is 19.2. The van der Waals surface area contributed by atoms with Crippen LogP contribution >= 0.6 is 0 Å². The SMILES string of the molecule is Cc1ccc(F)c2c(CCNC(C)C)coc12. The van der Waals surface area contributed by atoms with E-state index in [1.165, 1.54) is 6.07 Å². The molecular weight excluding hydrogens is 217 g/mol. The number of halogens is 1. The number of nitrogens with one attached hydrogen (secondary N) is 1. The zero-order valence-corrected chi connectivity index (χ0v) is 10.5. The quantitative estimate of drug-likeness (QED) is 0.878. The summed E-state index contributed by atoms with van der Waals surface area (Å²) in [4.78, 5) is 0. The predicted octanol–water partition coefficient (Wildman–Crippen LogP) is 3.42. The zero-order valence-electron chi connectivity index (χ0n) is 10.5. The maximum absolute atomic E-state index is 13.8. The van der Waals surface area contributed by atoms with Gasteiger partial charge in [0.2, 0.25) is 0 Å². The van der Waals surface area contributed by atoms with Crippen LogP contribution in [-0.4, -0.2) is 12.6 Å². The molecule has 0 bridgehead atoms. The first-order chi connectivity index (χ1) is 8.09. The Kier molecular flexibility index (Phi) is 3.48. The largest absolute Gasteiger partial charge is 0.464 e. The van der Waals surface area contributed by atoms with E-state index in [-0.39, 0.29) is 5.82 Å². The Labute approximate surface area is 101 Å². The first-order valence-corrected chi connectivity index (χ1v) is 5.98. The number of rotatable bonds is 4. The Balaban J connectivity index is 2.26. The van der Waals surface area contributed by atoms with Crippen LogP contribution in [0.4, 0.5) is 4.39 Å². The van der Waals surface area contributed by atoms with E-state index in [2.05, 4.69) is 19.2 Å². The van der Waals surface area contributed by atoms with Crippen molar-refractivity contribution in [3.05, 3.63) is 35.3 Å². The summed E-state index contributed by atoms with van der Waals surface area (Å²) in [5, 5.41) is 3.95. The molecule has 2 aromatic rings. The van der Waals surface area contributed by atoms with Gasteiger partial charge < -0.3 is 9.73 Å². The van der Waals surface area contributed by atoms with Crippen LogP contribution in [0.15, 0.2) is 22.8 Å². The third kappa shape index (κ3) is 2.50. The molecule has 1 aromatic heterocycles. The molecule has 1 heterocycles. The van der Waals surface area contributed by atoms with Crippen LogP contribution in [0.3, 0.4) is 0 Å². The lowest BCUT2D eigenvalue weighted by molar-refractivity contribution is 0.580. The first kappa shape index (κ1) is 12.1. The molecule has 92 valence electrons. The van der Waals surface area contributed by atoms with Crippen molar-refractivity contribution in [1.82, 2.24) is 5.32 Å². The van der Waals surface area contributed by atoms with Gasteiger partial charge in [-0.2, -0.15) is 0 Å². The molecule has 0 saturated heterocycles. The highest BCUT2D eigenvalue weighted by Gasteiger charge is 2.12. The van der Waals surface area contributed by atoms with Crippen molar-refractivity contribution in [3.63, 3.8) is 0 Å². The standard InChI is InChI=1S/C14H18FNO/c1-9(2)16-7-6-11-8-17-14-10(3)4-5-12(15)13(11)14/h4-5,8-9,16H,6-7H2,1-3H3. The molecule has 0 atom stereocenters. The van der Waals surface area contributed by atoms with E-state index in [9.17, 15) is 4.39 Å². The fourth-order valence-corrected chi connectivity index (χ4v) is 1.98. The van der Waals surface area contributed by atoms with Crippen molar-refractivity contribution in [2.75, 3.05) is 6.54 Å². The fraction of sp³-hybridized carbons (Fsp3) is 0.429. The van der Waals surface area contributed by atoms with Gasteiger partial charge in [0.1, 0.15) is 11.4 Å². The molecule has 0 fully saturated rings. The minimum atomic E-state index is -0.195. The summed E-state index contributed by atoms with van der Waals surface area (Å²) in [5.41, 5.74) is 2.59. The Bertz CT molecular complexity index is 516. The Morgan fingerprint density at radius 1 is 1.35 bits per heavy atom. The van der Waals surface area contributed by atoms with Gasteiger partial charge >= 0.3 is 0 Å². The van der Waals surface area contributed by atoms with Crippen LogP contribution < -0.4 is 5.32 Å². The van der Waals surface area contributed by atoms with Gasteiger partial charge in [-0.3, -0.25) is 0 Å². The topological polar surface area (TPSA) is 25.2 Å². The second-order valence-electron chi connectivity index (χ2n) is 4.69. The molecule has 0 spiro atoms. The number of hydrogen-bond donors (Lipinski definition) is 1. The van der Waals surface area contributed by atoms with E-state index in [0.29, 0.717) is 17.0 Å². The number of furan rings is 1. The van der Waals surface area contributed by atoms with E-state index in [0.717, 1.165) is 24.1 Å². The van der Waals surface area contributed by atoms with Gasteiger partial charge in [-0.05, 0) is 31.5 Å². The summed E-state index contributed by atoms with van der Waals surface area (Å²) in [5.74, 6) is -0.195. The fourth-order valence-electron chi connectivity index (χ4n) is 1.98. The van der Waals surface area contributed by atoms with Gasteiger partial charge in [-0.15, -0.1) is 0 Å². The Hall–Kier alpha value is -1.35. The molecule has 0 aliphatic carbocycles. The zero-order chi connectivity index (χ0) is 12.4. The van der Waals surface area contributed by atoms with Gasteiger partial charge in [-0.25, -0.2) is 4.39 Å². The first-order valence-electron chi connectivity index (χ1n) is 5.98. The third-order valence-corrected chi connectivity index (χ3v) is 2.89. The smallest absolute Gasteiger partial charge is 0.139 e. The highest BCUT2D eigenvalue weighted by Crippen LogP contribution is 2.27. The van der Waals surface area contributed by atoms with Crippen LogP contribution in [0.2, 0.25) is 0 Å². The third-order valence-electron chi connectivity index (χ3n) is 2.89. The van der Waals surface area contributed by atoms with E-state index in [1.807, 2.05) is 6.92 Å². The molecule has 2 rings (SSSR count). The van der Waals surface area contributed by atoms with Crippen LogP contribution in [0.1, 0.15) is 25.0 Å². The molecule has 0 radical (unpaired) electrons. The van der Waals surface area contributed by atoms with E-state index in [4.69, 9.17) is 4.42 Å². The average molecular weight is 235 g/mol. The Morgan fingerprint density at radius 3 is 2.82 bits per heavy atom. The molecule has 0 amide bonds. The average Bonchev–Trinajstić information content (AvgIpc) is 2.68.